The fourth-order valence-corrected chi connectivity index (χ4v) is 2.13. The summed E-state index contributed by atoms with van der Waals surface area (Å²) in [5, 5.41) is 2.86. The smallest absolute Gasteiger partial charge is 0.251 e. The number of halogens is 2. The fourth-order valence-electron chi connectivity index (χ4n) is 2.13. The first-order valence-electron chi connectivity index (χ1n) is 7.00. The molecule has 3 N–H and O–H groups in total. The molecular weight excluding hydrogens is 325 g/mol. The number of hydrogen-bond acceptors (Lipinski definition) is 5. The molecule has 1 saturated heterocycles. The van der Waals surface area contributed by atoms with Crippen LogP contribution in [0.5, 0.6) is 0 Å². The molecule has 0 bridgehead atoms. The van der Waals surface area contributed by atoms with Crippen molar-refractivity contribution in [1.29, 1.82) is 0 Å². The van der Waals surface area contributed by atoms with Crippen LogP contribution < -0.4 is 16.0 Å². The van der Waals surface area contributed by atoms with Gasteiger partial charge in [-0.25, -0.2) is 4.98 Å². The van der Waals surface area contributed by atoms with Gasteiger partial charge in [-0.1, -0.05) is 0 Å². The van der Waals surface area contributed by atoms with Crippen molar-refractivity contribution in [3.05, 3.63) is 23.9 Å². The maximum Gasteiger partial charge on any atom is 0.251 e. The lowest BCUT2D eigenvalue weighted by molar-refractivity contribution is 0.0941. The Bertz CT molecular complexity index is 466. The van der Waals surface area contributed by atoms with Gasteiger partial charge in [-0.05, 0) is 26.1 Å². The highest BCUT2D eigenvalue weighted by molar-refractivity contribution is 5.95. The number of hydrogen-bond donors (Lipinski definition) is 2. The molecule has 0 aromatic carbocycles. The van der Waals surface area contributed by atoms with E-state index in [1.165, 1.54) is 0 Å². The first-order valence-corrected chi connectivity index (χ1v) is 7.00. The van der Waals surface area contributed by atoms with Crippen molar-refractivity contribution < 1.29 is 4.79 Å². The summed E-state index contributed by atoms with van der Waals surface area (Å²) in [7, 11) is 2.11. The SMILES string of the molecule is C[C@@H](CN)NC(=O)c1ccnc(N2CCN(C)CC2)c1.Cl.Cl. The summed E-state index contributed by atoms with van der Waals surface area (Å²) in [5.41, 5.74) is 6.15. The largest absolute Gasteiger partial charge is 0.354 e. The molecule has 1 aliphatic heterocycles. The van der Waals surface area contributed by atoms with Crippen LogP contribution in [0.3, 0.4) is 0 Å². The van der Waals surface area contributed by atoms with Crippen LogP contribution >= 0.6 is 24.8 Å². The van der Waals surface area contributed by atoms with E-state index in [1.807, 2.05) is 13.0 Å². The van der Waals surface area contributed by atoms with Gasteiger partial charge in [0.1, 0.15) is 5.82 Å². The molecule has 1 fully saturated rings. The summed E-state index contributed by atoms with van der Waals surface area (Å²) in [6.07, 6.45) is 1.69. The zero-order chi connectivity index (χ0) is 14.5. The Kier molecular flexibility index (Phi) is 9.36. The van der Waals surface area contributed by atoms with Crippen LogP contribution in [0.25, 0.3) is 0 Å². The minimum absolute atomic E-state index is 0. The Hall–Kier alpha value is -1.08. The summed E-state index contributed by atoms with van der Waals surface area (Å²) < 4.78 is 0. The summed E-state index contributed by atoms with van der Waals surface area (Å²) in [5.74, 6) is 0.770. The molecular formula is C14H25Cl2N5O. The Morgan fingerprint density at radius 2 is 2.00 bits per heavy atom. The van der Waals surface area contributed by atoms with Crippen molar-refractivity contribution in [1.82, 2.24) is 15.2 Å². The van der Waals surface area contributed by atoms with Gasteiger partial charge >= 0.3 is 0 Å². The van der Waals surface area contributed by atoms with Crippen molar-refractivity contribution in [2.45, 2.75) is 13.0 Å². The third-order valence-corrected chi connectivity index (χ3v) is 3.57. The predicted octanol–water partition coefficient (Wildman–Crippen LogP) is 0.754. The summed E-state index contributed by atoms with van der Waals surface area (Å²) in [6, 6.07) is 3.56. The van der Waals surface area contributed by atoms with Gasteiger partial charge in [0.05, 0.1) is 0 Å². The lowest BCUT2D eigenvalue weighted by Gasteiger charge is -2.33. The van der Waals surface area contributed by atoms with Gasteiger partial charge < -0.3 is 20.9 Å². The zero-order valence-corrected chi connectivity index (χ0v) is 14.6. The van der Waals surface area contributed by atoms with Crippen LogP contribution in [0.4, 0.5) is 5.82 Å². The second-order valence-electron chi connectivity index (χ2n) is 5.30. The van der Waals surface area contributed by atoms with Crippen molar-refractivity contribution in [3.63, 3.8) is 0 Å². The van der Waals surface area contributed by atoms with E-state index < -0.39 is 0 Å². The number of amides is 1. The third kappa shape index (κ3) is 5.61. The second-order valence-corrected chi connectivity index (χ2v) is 5.30. The molecule has 1 amide bonds. The Balaban J connectivity index is 0.00000220. The monoisotopic (exact) mass is 349 g/mol. The van der Waals surface area contributed by atoms with Gasteiger partial charge in [0.25, 0.3) is 5.91 Å². The fraction of sp³-hybridized carbons (Fsp3) is 0.571. The normalized spacial score (nSPS) is 16.2. The number of pyridine rings is 1. The van der Waals surface area contributed by atoms with Crippen molar-refractivity contribution in [2.75, 3.05) is 44.7 Å². The lowest BCUT2D eigenvalue weighted by atomic mass is 10.2. The topological polar surface area (TPSA) is 74.5 Å². The maximum atomic E-state index is 12.1. The van der Waals surface area contributed by atoms with E-state index in [-0.39, 0.29) is 36.8 Å². The lowest BCUT2D eigenvalue weighted by Crippen LogP contribution is -2.45. The molecule has 1 aromatic rings. The molecule has 2 heterocycles. The standard InChI is InChI=1S/C14H23N5O.2ClH/c1-11(10-15)17-14(20)12-3-4-16-13(9-12)19-7-5-18(2)6-8-19;;/h3-4,9,11H,5-8,10,15H2,1-2H3,(H,17,20);2*1H/t11-;;/m0../s1. The summed E-state index contributed by atoms with van der Waals surface area (Å²) >= 11 is 0. The highest BCUT2D eigenvalue weighted by atomic mass is 35.5. The second kappa shape index (κ2) is 9.84. The van der Waals surface area contributed by atoms with Gasteiger partial charge in [-0.15, -0.1) is 24.8 Å². The van der Waals surface area contributed by atoms with Gasteiger partial charge in [0.15, 0.2) is 0 Å². The van der Waals surface area contributed by atoms with Gasteiger partial charge in [-0.2, -0.15) is 0 Å². The van der Waals surface area contributed by atoms with Crippen molar-refractivity contribution >= 4 is 36.5 Å². The molecule has 1 atom stereocenters. The van der Waals surface area contributed by atoms with E-state index in [4.69, 9.17) is 5.73 Å². The number of likely N-dealkylation sites (N-methyl/N-ethyl adjacent to an activating group) is 1. The molecule has 8 heteroatoms. The number of nitrogens with one attached hydrogen (secondary N) is 1. The predicted molar refractivity (Wildman–Crippen MR) is 94.4 cm³/mol. The van der Waals surface area contributed by atoms with E-state index in [9.17, 15) is 4.79 Å². The molecule has 22 heavy (non-hydrogen) atoms. The molecule has 2 rings (SSSR count). The van der Waals surface area contributed by atoms with Gasteiger partial charge in [-0.3, -0.25) is 4.79 Å². The quantitative estimate of drug-likeness (QED) is 0.839. The average molecular weight is 350 g/mol. The van der Waals surface area contributed by atoms with Gasteiger partial charge in [0.2, 0.25) is 0 Å². The van der Waals surface area contributed by atoms with E-state index in [0.29, 0.717) is 12.1 Å². The molecule has 1 aliphatic rings. The molecule has 1 aromatic heterocycles. The molecule has 0 radical (unpaired) electrons. The molecule has 126 valence electrons. The number of nitrogens with zero attached hydrogens (tertiary/aromatic N) is 3. The molecule has 0 aliphatic carbocycles. The Morgan fingerprint density at radius 3 is 2.59 bits per heavy atom. The van der Waals surface area contributed by atoms with Crippen LogP contribution in [0.15, 0.2) is 18.3 Å². The first kappa shape index (κ1) is 20.9. The summed E-state index contributed by atoms with van der Waals surface area (Å²) in [6.45, 7) is 6.23. The maximum absolute atomic E-state index is 12.1. The Labute approximate surface area is 144 Å². The van der Waals surface area contributed by atoms with E-state index in [0.717, 1.165) is 32.0 Å². The number of rotatable bonds is 4. The number of carbonyl (C=O) groups is 1. The molecule has 6 nitrogen and oxygen atoms in total. The van der Waals surface area contributed by atoms with Crippen LogP contribution in [0, 0.1) is 0 Å². The van der Waals surface area contributed by atoms with Crippen molar-refractivity contribution in [2.24, 2.45) is 5.73 Å². The van der Waals surface area contributed by atoms with Crippen LogP contribution in [0.1, 0.15) is 17.3 Å². The number of nitrogens with two attached hydrogens (primary N) is 1. The van der Waals surface area contributed by atoms with E-state index in [1.54, 1.807) is 12.3 Å². The van der Waals surface area contributed by atoms with E-state index >= 15 is 0 Å². The minimum Gasteiger partial charge on any atom is -0.354 e. The third-order valence-electron chi connectivity index (χ3n) is 3.57. The van der Waals surface area contributed by atoms with Crippen LogP contribution in [-0.4, -0.2) is 61.6 Å². The number of anilines is 1. The molecule has 0 saturated carbocycles. The van der Waals surface area contributed by atoms with E-state index in [2.05, 4.69) is 27.1 Å². The number of carbonyl (C=O) groups excluding carboxylic acids is 1. The van der Waals surface area contributed by atoms with Gasteiger partial charge in [0, 0.05) is 50.5 Å². The molecule has 0 unspecified atom stereocenters. The Morgan fingerprint density at radius 1 is 1.36 bits per heavy atom. The summed E-state index contributed by atoms with van der Waals surface area (Å²) in [4.78, 5) is 21.0. The number of aromatic nitrogens is 1. The highest BCUT2D eigenvalue weighted by Gasteiger charge is 2.17. The zero-order valence-electron chi connectivity index (χ0n) is 13.0. The minimum atomic E-state index is -0.0965. The van der Waals surface area contributed by atoms with Crippen LogP contribution in [0.2, 0.25) is 0 Å². The highest BCUT2D eigenvalue weighted by Crippen LogP contribution is 2.14. The average Bonchev–Trinajstić information content (AvgIpc) is 2.48. The van der Waals surface area contributed by atoms with Crippen LogP contribution in [-0.2, 0) is 0 Å². The van der Waals surface area contributed by atoms with Crippen molar-refractivity contribution in [3.8, 4) is 0 Å². The molecule has 0 spiro atoms. The first-order chi connectivity index (χ1) is 9.60. The number of piperazine rings is 1.